The molecule has 1 fully saturated rings. The lowest BCUT2D eigenvalue weighted by Gasteiger charge is -2.32. The molecule has 1 atom stereocenters. The summed E-state index contributed by atoms with van der Waals surface area (Å²) in [5.41, 5.74) is 2.11. The molecule has 6 nitrogen and oxygen atoms in total. The van der Waals surface area contributed by atoms with Crippen molar-refractivity contribution in [3.8, 4) is 0 Å². The Hall–Kier alpha value is -2.00. The van der Waals surface area contributed by atoms with E-state index in [4.69, 9.17) is 11.6 Å². The topological polar surface area (TPSA) is 79.4 Å². The van der Waals surface area contributed by atoms with Crippen LogP contribution in [0.2, 0.25) is 5.02 Å². The number of carbonyl (C=O) groups is 1. The largest absolute Gasteiger partial charge is 0.298 e. The maximum absolute atomic E-state index is 12.9. The van der Waals surface area contributed by atoms with E-state index < -0.39 is 10.0 Å². The van der Waals surface area contributed by atoms with Crippen LogP contribution in [0.3, 0.4) is 0 Å². The van der Waals surface area contributed by atoms with E-state index in [1.54, 1.807) is 4.31 Å². The number of piperidine rings is 1. The van der Waals surface area contributed by atoms with Crippen molar-refractivity contribution in [1.82, 2.24) is 9.29 Å². The number of carbonyl (C=O) groups excluding carboxylic acids is 1. The lowest BCUT2D eigenvalue weighted by molar-refractivity contribution is 0.102. The van der Waals surface area contributed by atoms with E-state index in [-0.39, 0.29) is 16.8 Å². The lowest BCUT2D eigenvalue weighted by atomic mass is 10.1. The normalized spacial score (nSPS) is 17.9. The Bertz CT molecular complexity index is 1210. The standard InChI is InChI=1S/C21H22ClN3O3S2/c1-13-11-16(22)12-18-19(13)23-21(29-18)24-20(26)15-6-8-17(9-7-15)30(27,28)25-10-4-3-5-14(25)2/h6-9,11-12,14H,3-5,10H2,1-2H3,(H,23,24,26). The molecule has 158 valence electrons. The zero-order valence-corrected chi connectivity index (χ0v) is 19.1. The first-order chi connectivity index (χ1) is 14.3. The molecule has 0 radical (unpaired) electrons. The van der Waals surface area contributed by atoms with E-state index in [1.807, 2.05) is 26.0 Å². The van der Waals surface area contributed by atoms with Gasteiger partial charge in [-0.1, -0.05) is 29.4 Å². The minimum absolute atomic E-state index is 0.0114. The summed E-state index contributed by atoms with van der Waals surface area (Å²) in [5.74, 6) is -0.340. The predicted octanol–water partition coefficient (Wildman–Crippen LogP) is 5.07. The van der Waals surface area contributed by atoms with Crippen molar-refractivity contribution < 1.29 is 13.2 Å². The highest BCUT2D eigenvalue weighted by atomic mass is 35.5. The van der Waals surface area contributed by atoms with Crippen LogP contribution in [0.1, 0.15) is 42.1 Å². The van der Waals surface area contributed by atoms with Crippen molar-refractivity contribution >= 4 is 54.2 Å². The molecule has 0 saturated carbocycles. The first-order valence-electron chi connectivity index (χ1n) is 9.75. The molecular weight excluding hydrogens is 442 g/mol. The zero-order valence-electron chi connectivity index (χ0n) is 16.7. The maximum atomic E-state index is 12.9. The highest BCUT2D eigenvalue weighted by Gasteiger charge is 2.30. The molecule has 9 heteroatoms. The van der Waals surface area contributed by atoms with Crippen LogP contribution < -0.4 is 5.32 Å². The average molecular weight is 464 g/mol. The Kier molecular flexibility index (Phi) is 5.85. The third-order valence-corrected chi connectivity index (χ3v) is 8.50. The molecule has 0 spiro atoms. The van der Waals surface area contributed by atoms with Crippen LogP contribution in [-0.4, -0.2) is 36.2 Å². The minimum atomic E-state index is -3.56. The lowest BCUT2D eigenvalue weighted by Crippen LogP contribution is -2.41. The van der Waals surface area contributed by atoms with Crippen LogP contribution in [0.15, 0.2) is 41.3 Å². The van der Waals surface area contributed by atoms with Gasteiger partial charge in [0, 0.05) is 23.2 Å². The number of thiazole rings is 1. The van der Waals surface area contributed by atoms with E-state index in [9.17, 15) is 13.2 Å². The number of sulfonamides is 1. The Balaban J connectivity index is 1.52. The van der Waals surface area contributed by atoms with E-state index in [1.165, 1.54) is 35.6 Å². The number of amides is 1. The van der Waals surface area contributed by atoms with Gasteiger partial charge in [-0.25, -0.2) is 13.4 Å². The van der Waals surface area contributed by atoms with Gasteiger partial charge in [0.15, 0.2) is 5.13 Å². The third kappa shape index (κ3) is 4.09. The molecule has 1 aromatic heterocycles. The van der Waals surface area contributed by atoms with Gasteiger partial charge < -0.3 is 0 Å². The Morgan fingerprint density at radius 2 is 1.97 bits per heavy atom. The Morgan fingerprint density at radius 1 is 1.23 bits per heavy atom. The Labute approximate surface area is 184 Å². The van der Waals surface area contributed by atoms with E-state index >= 15 is 0 Å². The van der Waals surface area contributed by atoms with Crippen LogP contribution in [0, 0.1) is 6.92 Å². The van der Waals surface area contributed by atoms with Crippen LogP contribution in [-0.2, 0) is 10.0 Å². The molecule has 0 bridgehead atoms. The number of hydrogen-bond donors (Lipinski definition) is 1. The average Bonchev–Trinajstić information content (AvgIpc) is 3.11. The quantitative estimate of drug-likeness (QED) is 0.585. The summed E-state index contributed by atoms with van der Waals surface area (Å²) in [7, 11) is -3.56. The van der Waals surface area contributed by atoms with Crippen molar-refractivity contribution in [2.24, 2.45) is 0 Å². The predicted molar refractivity (Wildman–Crippen MR) is 121 cm³/mol. The fourth-order valence-electron chi connectivity index (χ4n) is 3.72. The van der Waals surface area contributed by atoms with Crippen molar-refractivity contribution in [3.05, 3.63) is 52.5 Å². The summed E-state index contributed by atoms with van der Waals surface area (Å²) in [5, 5.41) is 3.89. The molecule has 3 aromatic rings. The fraction of sp³-hybridized carbons (Fsp3) is 0.333. The van der Waals surface area contributed by atoms with Crippen molar-refractivity contribution in [2.45, 2.75) is 44.0 Å². The molecule has 1 amide bonds. The number of benzene rings is 2. The smallest absolute Gasteiger partial charge is 0.257 e. The highest BCUT2D eigenvalue weighted by molar-refractivity contribution is 7.89. The van der Waals surface area contributed by atoms with Crippen LogP contribution in [0.4, 0.5) is 5.13 Å². The molecule has 2 heterocycles. The molecule has 1 aliphatic rings. The first kappa shape index (κ1) is 21.2. The van der Waals surface area contributed by atoms with Crippen molar-refractivity contribution in [2.75, 3.05) is 11.9 Å². The minimum Gasteiger partial charge on any atom is -0.298 e. The SMILES string of the molecule is Cc1cc(Cl)cc2sc(NC(=O)c3ccc(S(=O)(=O)N4CCCCC4C)cc3)nc12. The summed E-state index contributed by atoms with van der Waals surface area (Å²) in [6.45, 7) is 4.39. The molecule has 1 unspecified atom stereocenters. The summed E-state index contributed by atoms with van der Waals surface area (Å²) < 4.78 is 28.3. The Morgan fingerprint density at radius 3 is 2.67 bits per heavy atom. The number of fused-ring (bicyclic) bond motifs is 1. The highest BCUT2D eigenvalue weighted by Crippen LogP contribution is 2.31. The zero-order chi connectivity index (χ0) is 21.5. The number of hydrogen-bond acceptors (Lipinski definition) is 5. The molecule has 1 N–H and O–H groups in total. The van der Waals surface area contributed by atoms with Gasteiger partial charge in [-0.2, -0.15) is 4.31 Å². The molecule has 1 saturated heterocycles. The van der Waals surface area contributed by atoms with Gasteiger partial charge in [-0.15, -0.1) is 0 Å². The van der Waals surface area contributed by atoms with Crippen LogP contribution in [0.25, 0.3) is 10.2 Å². The first-order valence-corrected chi connectivity index (χ1v) is 12.4. The third-order valence-electron chi connectivity index (χ3n) is 5.34. The summed E-state index contributed by atoms with van der Waals surface area (Å²) in [4.78, 5) is 17.3. The summed E-state index contributed by atoms with van der Waals surface area (Å²) in [6.07, 6.45) is 2.78. The number of aryl methyl sites for hydroxylation is 1. The van der Waals surface area contributed by atoms with Gasteiger partial charge in [-0.3, -0.25) is 10.1 Å². The summed E-state index contributed by atoms with van der Waals surface area (Å²) in [6, 6.07) is 9.69. The van der Waals surface area contributed by atoms with Crippen LogP contribution in [0.5, 0.6) is 0 Å². The second kappa shape index (κ2) is 8.26. The van der Waals surface area contributed by atoms with E-state index in [2.05, 4.69) is 10.3 Å². The van der Waals surface area contributed by atoms with Gasteiger partial charge in [0.2, 0.25) is 10.0 Å². The monoisotopic (exact) mass is 463 g/mol. The van der Waals surface area contributed by atoms with Gasteiger partial charge >= 0.3 is 0 Å². The second-order valence-corrected chi connectivity index (χ2v) is 10.9. The number of nitrogens with one attached hydrogen (secondary N) is 1. The molecule has 1 aliphatic heterocycles. The second-order valence-electron chi connectivity index (χ2n) is 7.53. The fourth-order valence-corrected chi connectivity index (χ4v) is 6.73. The van der Waals surface area contributed by atoms with Crippen molar-refractivity contribution in [3.63, 3.8) is 0 Å². The molecule has 4 rings (SSSR count). The summed E-state index contributed by atoms with van der Waals surface area (Å²) >= 11 is 7.44. The van der Waals surface area contributed by atoms with Gasteiger partial charge in [0.25, 0.3) is 5.91 Å². The molecule has 30 heavy (non-hydrogen) atoms. The number of anilines is 1. The van der Waals surface area contributed by atoms with Gasteiger partial charge in [0.1, 0.15) is 0 Å². The maximum Gasteiger partial charge on any atom is 0.257 e. The van der Waals surface area contributed by atoms with Gasteiger partial charge in [0.05, 0.1) is 15.1 Å². The van der Waals surface area contributed by atoms with Crippen LogP contribution >= 0.6 is 22.9 Å². The number of nitrogens with zero attached hydrogens (tertiary/aromatic N) is 2. The molecule has 2 aromatic carbocycles. The van der Waals surface area contributed by atoms with E-state index in [0.29, 0.717) is 22.3 Å². The van der Waals surface area contributed by atoms with Crippen molar-refractivity contribution in [1.29, 1.82) is 0 Å². The van der Waals surface area contributed by atoms with E-state index in [0.717, 1.165) is 35.0 Å². The molecule has 0 aliphatic carbocycles. The number of halogens is 1. The number of aromatic nitrogens is 1. The molecular formula is C21H22ClN3O3S2. The number of rotatable bonds is 4. The van der Waals surface area contributed by atoms with Gasteiger partial charge in [-0.05, 0) is 68.7 Å².